The van der Waals surface area contributed by atoms with Crippen LogP contribution in [0, 0.1) is 0 Å². The second-order valence-corrected chi connectivity index (χ2v) is 9.55. The van der Waals surface area contributed by atoms with E-state index in [0.717, 1.165) is 46.4 Å². The number of anilines is 2. The Morgan fingerprint density at radius 2 is 1.55 bits per heavy atom. The fourth-order valence-electron chi connectivity index (χ4n) is 5.25. The molecule has 0 spiro atoms. The molecule has 2 heterocycles. The fraction of sp³-hybridized carbons (Fsp3) is 0.156. The molecule has 4 aromatic carbocycles. The number of aryl methyl sites for hydroxylation is 1. The highest BCUT2D eigenvalue weighted by Crippen LogP contribution is 2.33. The highest BCUT2D eigenvalue weighted by molar-refractivity contribution is 5.92. The van der Waals surface area contributed by atoms with Gasteiger partial charge in [-0.1, -0.05) is 84.9 Å². The predicted molar refractivity (Wildman–Crippen MR) is 152 cm³/mol. The molecule has 1 amide bonds. The lowest BCUT2D eigenvalue weighted by atomic mass is 9.91. The van der Waals surface area contributed by atoms with E-state index >= 15 is 0 Å². The molecular formula is C32H28N4O2. The number of nitrogens with one attached hydrogen (secondary N) is 1. The van der Waals surface area contributed by atoms with E-state index in [2.05, 4.69) is 53.8 Å². The molecule has 0 unspecified atom stereocenters. The summed E-state index contributed by atoms with van der Waals surface area (Å²) in [6.45, 7) is 1.16. The van der Waals surface area contributed by atoms with Gasteiger partial charge in [0.25, 0.3) is 0 Å². The van der Waals surface area contributed by atoms with Crippen LogP contribution in [0.25, 0.3) is 22.3 Å². The molecule has 0 fully saturated rings. The van der Waals surface area contributed by atoms with Gasteiger partial charge in [0.15, 0.2) is 5.82 Å². The molecule has 0 atom stereocenters. The van der Waals surface area contributed by atoms with Gasteiger partial charge in [0.2, 0.25) is 0 Å². The van der Waals surface area contributed by atoms with Gasteiger partial charge in [0.1, 0.15) is 5.82 Å². The van der Waals surface area contributed by atoms with Crippen molar-refractivity contribution in [3.8, 4) is 11.4 Å². The van der Waals surface area contributed by atoms with Gasteiger partial charge >= 0.3 is 6.09 Å². The highest BCUT2D eigenvalue weighted by atomic mass is 16.4. The van der Waals surface area contributed by atoms with Gasteiger partial charge in [-0.05, 0) is 47.7 Å². The first-order valence-electron chi connectivity index (χ1n) is 12.9. The van der Waals surface area contributed by atoms with Gasteiger partial charge < -0.3 is 10.4 Å². The van der Waals surface area contributed by atoms with Crippen molar-refractivity contribution in [3.63, 3.8) is 0 Å². The monoisotopic (exact) mass is 500 g/mol. The minimum absolute atomic E-state index is 0.141. The summed E-state index contributed by atoms with van der Waals surface area (Å²) in [5.41, 5.74) is 5.86. The lowest BCUT2D eigenvalue weighted by Crippen LogP contribution is -2.34. The smallest absolute Gasteiger partial charge is 0.411 e. The number of benzene rings is 4. The summed E-state index contributed by atoms with van der Waals surface area (Å²) < 4.78 is 0. The van der Waals surface area contributed by atoms with E-state index in [-0.39, 0.29) is 5.92 Å². The fourth-order valence-corrected chi connectivity index (χ4v) is 5.25. The van der Waals surface area contributed by atoms with E-state index < -0.39 is 6.09 Å². The third kappa shape index (κ3) is 4.68. The minimum Gasteiger partial charge on any atom is -0.465 e. The summed E-state index contributed by atoms with van der Waals surface area (Å²) in [7, 11) is 0. The molecule has 1 aliphatic rings. The topological polar surface area (TPSA) is 78.3 Å². The van der Waals surface area contributed by atoms with E-state index in [9.17, 15) is 9.90 Å². The molecule has 1 aliphatic heterocycles. The third-order valence-electron chi connectivity index (χ3n) is 7.17. The lowest BCUT2D eigenvalue weighted by Gasteiger charge is -2.27. The van der Waals surface area contributed by atoms with Crippen LogP contribution in [0.15, 0.2) is 103 Å². The van der Waals surface area contributed by atoms with Gasteiger partial charge in [-0.15, -0.1) is 0 Å². The molecule has 2 N–H and O–H groups in total. The number of fused-ring (bicyclic) bond motifs is 2. The summed E-state index contributed by atoms with van der Waals surface area (Å²) in [5, 5.41) is 14.3. The molecule has 38 heavy (non-hydrogen) atoms. The summed E-state index contributed by atoms with van der Waals surface area (Å²) in [6, 6.07) is 34.9. The Morgan fingerprint density at radius 1 is 0.868 bits per heavy atom. The number of nitrogens with zero attached hydrogens (tertiary/aromatic N) is 3. The molecule has 0 aliphatic carbocycles. The number of hydrogen-bond acceptors (Lipinski definition) is 4. The largest absolute Gasteiger partial charge is 0.465 e. The second kappa shape index (κ2) is 10.3. The number of rotatable bonds is 6. The van der Waals surface area contributed by atoms with Crippen molar-refractivity contribution in [2.75, 3.05) is 23.3 Å². The summed E-state index contributed by atoms with van der Waals surface area (Å²) >= 11 is 0. The van der Waals surface area contributed by atoms with Gasteiger partial charge in [-0.25, -0.2) is 14.8 Å². The molecule has 6 nitrogen and oxygen atoms in total. The molecule has 6 heteroatoms. The van der Waals surface area contributed by atoms with Crippen molar-refractivity contribution in [3.05, 3.63) is 120 Å². The highest BCUT2D eigenvalue weighted by Gasteiger charge is 2.23. The van der Waals surface area contributed by atoms with E-state index in [1.54, 1.807) is 0 Å². The molecule has 0 saturated heterocycles. The van der Waals surface area contributed by atoms with Crippen LogP contribution in [0.2, 0.25) is 0 Å². The predicted octanol–water partition coefficient (Wildman–Crippen LogP) is 6.97. The Morgan fingerprint density at radius 3 is 2.26 bits per heavy atom. The maximum absolute atomic E-state index is 11.9. The van der Waals surface area contributed by atoms with Crippen molar-refractivity contribution in [1.29, 1.82) is 0 Å². The van der Waals surface area contributed by atoms with E-state index in [1.165, 1.54) is 16.0 Å². The summed E-state index contributed by atoms with van der Waals surface area (Å²) in [6.07, 6.45) is 0.756. The maximum Gasteiger partial charge on any atom is 0.411 e. The second-order valence-electron chi connectivity index (χ2n) is 9.55. The van der Waals surface area contributed by atoms with E-state index in [1.807, 2.05) is 54.6 Å². The van der Waals surface area contributed by atoms with Crippen LogP contribution in [-0.4, -0.2) is 34.3 Å². The normalized spacial score (nSPS) is 12.9. The quantitative estimate of drug-likeness (QED) is 0.263. The third-order valence-corrected chi connectivity index (χ3v) is 7.17. The average molecular weight is 501 g/mol. The summed E-state index contributed by atoms with van der Waals surface area (Å²) in [4.78, 5) is 23.1. The number of carbonyl (C=O) groups is 1. The SMILES string of the molecule is O=C(O)N1CCCc2ccc(-c3nc(NCC(c4ccccc4)c4ccccc4)c4ccccc4n3)cc21. The van der Waals surface area contributed by atoms with Gasteiger partial charge in [-0.3, -0.25) is 4.90 Å². The standard InChI is InChI=1S/C32H28N4O2/c37-32(38)36-19-9-14-24-17-18-25(20-29(24)36)30-34-28-16-8-7-15-26(28)31(35-30)33-21-27(22-10-3-1-4-11-22)23-12-5-2-6-13-23/h1-8,10-13,15-18,20,27H,9,14,19,21H2,(H,37,38)(H,33,34,35). The average Bonchev–Trinajstić information content (AvgIpc) is 2.97. The number of carboxylic acid groups (broad SMARTS) is 1. The molecule has 1 aromatic heterocycles. The molecule has 0 saturated carbocycles. The van der Waals surface area contributed by atoms with Crippen molar-refractivity contribution >= 4 is 28.5 Å². The zero-order valence-electron chi connectivity index (χ0n) is 20.9. The van der Waals surface area contributed by atoms with Crippen molar-refractivity contribution < 1.29 is 9.90 Å². The van der Waals surface area contributed by atoms with Crippen LogP contribution >= 0.6 is 0 Å². The van der Waals surface area contributed by atoms with Gasteiger partial charge in [0.05, 0.1) is 11.2 Å². The molecule has 0 radical (unpaired) electrons. The van der Waals surface area contributed by atoms with Crippen LogP contribution in [0.5, 0.6) is 0 Å². The first kappa shape index (κ1) is 23.7. The maximum atomic E-state index is 11.9. The van der Waals surface area contributed by atoms with Crippen molar-refractivity contribution in [2.24, 2.45) is 0 Å². The molecule has 188 valence electrons. The van der Waals surface area contributed by atoms with Crippen molar-refractivity contribution in [1.82, 2.24) is 9.97 Å². The number of aromatic nitrogens is 2. The zero-order chi connectivity index (χ0) is 25.9. The van der Waals surface area contributed by atoms with Crippen molar-refractivity contribution in [2.45, 2.75) is 18.8 Å². The van der Waals surface area contributed by atoms with Gasteiger partial charge in [0, 0.05) is 30.0 Å². The molecule has 6 rings (SSSR count). The Kier molecular flexibility index (Phi) is 6.44. The number of amides is 1. The Balaban J connectivity index is 1.39. The zero-order valence-corrected chi connectivity index (χ0v) is 20.9. The minimum atomic E-state index is -0.933. The molecule has 0 bridgehead atoms. The number of hydrogen-bond donors (Lipinski definition) is 2. The van der Waals surface area contributed by atoms with Crippen LogP contribution < -0.4 is 10.2 Å². The first-order valence-corrected chi connectivity index (χ1v) is 12.9. The lowest BCUT2D eigenvalue weighted by molar-refractivity contribution is 0.201. The Hall–Kier alpha value is -4.71. The van der Waals surface area contributed by atoms with E-state index in [4.69, 9.17) is 9.97 Å². The number of para-hydroxylation sites is 1. The Bertz CT molecular complexity index is 1550. The first-order chi connectivity index (χ1) is 18.7. The van der Waals surface area contributed by atoms with E-state index in [0.29, 0.717) is 18.9 Å². The van der Waals surface area contributed by atoms with Crippen LogP contribution in [-0.2, 0) is 6.42 Å². The molecule has 5 aromatic rings. The van der Waals surface area contributed by atoms with Crippen LogP contribution in [0.1, 0.15) is 29.0 Å². The Labute approximate surface area is 221 Å². The van der Waals surface area contributed by atoms with Crippen LogP contribution in [0.3, 0.4) is 0 Å². The molecular weight excluding hydrogens is 472 g/mol. The van der Waals surface area contributed by atoms with Crippen LogP contribution in [0.4, 0.5) is 16.3 Å². The van der Waals surface area contributed by atoms with Gasteiger partial charge in [-0.2, -0.15) is 0 Å². The summed E-state index contributed by atoms with van der Waals surface area (Å²) in [5.74, 6) is 1.47.